The lowest BCUT2D eigenvalue weighted by Crippen LogP contribution is -2.39. The number of hydrogen-bond acceptors (Lipinski definition) is 6. The van der Waals surface area contributed by atoms with E-state index in [-0.39, 0.29) is 5.15 Å². The Morgan fingerprint density at radius 3 is 2.24 bits per heavy atom. The molecule has 0 spiro atoms. The molecule has 0 saturated heterocycles. The Hall–Kier alpha value is -4.15. The molecule has 4 rings (SSSR count). The number of carbonyl (C=O) groups excluding carboxylic acids is 1. The van der Waals surface area contributed by atoms with Crippen molar-refractivity contribution < 1.29 is 17.9 Å². The van der Waals surface area contributed by atoms with E-state index in [4.69, 9.17) is 16.3 Å². The molecule has 1 amide bonds. The lowest BCUT2D eigenvalue weighted by Gasteiger charge is -2.21. The number of hydrogen-bond donors (Lipinski definition) is 1. The van der Waals surface area contributed by atoms with Gasteiger partial charge < -0.3 is 4.74 Å². The highest BCUT2D eigenvalue weighted by atomic mass is 35.5. The van der Waals surface area contributed by atoms with E-state index in [1.54, 1.807) is 28.9 Å². The maximum Gasteiger partial charge on any atom is 0.260 e. The average Bonchev–Trinajstić information content (AvgIpc) is 3.17. The summed E-state index contributed by atoms with van der Waals surface area (Å²) in [6.07, 6.45) is 2.40. The second-order valence-electron chi connectivity index (χ2n) is 8.01. The van der Waals surface area contributed by atoms with Crippen LogP contribution in [0, 0.1) is 6.92 Å². The predicted molar refractivity (Wildman–Crippen MR) is 144 cm³/mol. The first-order valence-electron chi connectivity index (χ1n) is 11.2. The molecule has 9 nitrogen and oxygen atoms in total. The number of nitrogens with one attached hydrogen (secondary N) is 1. The summed E-state index contributed by atoms with van der Waals surface area (Å²) in [6.45, 7) is 1.36. The maximum absolute atomic E-state index is 12.6. The summed E-state index contributed by atoms with van der Waals surface area (Å²) in [5, 5.41) is 8.49. The van der Waals surface area contributed by atoms with Gasteiger partial charge in [0.15, 0.2) is 5.15 Å². The number of para-hydroxylation sites is 2. The van der Waals surface area contributed by atoms with Crippen molar-refractivity contribution in [1.82, 2.24) is 15.2 Å². The largest absolute Gasteiger partial charge is 0.457 e. The lowest BCUT2D eigenvalue weighted by molar-refractivity contribution is -0.119. The van der Waals surface area contributed by atoms with Crippen molar-refractivity contribution >= 4 is 39.4 Å². The van der Waals surface area contributed by atoms with Crippen LogP contribution in [0.1, 0.15) is 11.3 Å². The maximum atomic E-state index is 12.6. The van der Waals surface area contributed by atoms with E-state index < -0.39 is 22.5 Å². The fourth-order valence-corrected chi connectivity index (χ4v) is 4.60. The molecule has 0 radical (unpaired) electrons. The van der Waals surface area contributed by atoms with E-state index >= 15 is 0 Å². The number of nitrogens with zero attached hydrogens (tertiary/aromatic N) is 4. The van der Waals surface area contributed by atoms with Gasteiger partial charge in [0, 0.05) is 0 Å². The topological polar surface area (TPSA) is 106 Å². The quantitative estimate of drug-likeness (QED) is 0.249. The first-order valence-corrected chi connectivity index (χ1v) is 13.4. The molecule has 4 aromatic rings. The fourth-order valence-electron chi connectivity index (χ4n) is 3.49. The lowest BCUT2D eigenvalue weighted by atomic mass is 10.2. The van der Waals surface area contributed by atoms with Crippen LogP contribution in [-0.4, -0.2) is 43.1 Å². The molecule has 0 aliphatic heterocycles. The van der Waals surface area contributed by atoms with E-state index in [2.05, 4.69) is 15.6 Å². The van der Waals surface area contributed by atoms with Gasteiger partial charge in [-0.05, 0) is 55.5 Å². The van der Waals surface area contributed by atoms with Gasteiger partial charge in [0.2, 0.25) is 10.0 Å². The van der Waals surface area contributed by atoms with Gasteiger partial charge in [0.1, 0.15) is 18.0 Å². The second kappa shape index (κ2) is 11.3. The molecule has 0 atom stereocenters. The molecule has 0 aliphatic rings. The number of amides is 1. The first kappa shape index (κ1) is 25.9. The van der Waals surface area contributed by atoms with E-state index in [1.165, 1.54) is 6.21 Å². The molecule has 37 heavy (non-hydrogen) atoms. The molecular formula is C26H24ClN5O4S. The highest BCUT2D eigenvalue weighted by molar-refractivity contribution is 7.92. The van der Waals surface area contributed by atoms with Crippen molar-refractivity contribution in [3.05, 3.63) is 101 Å². The molecule has 190 valence electrons. The summed E-state index contributed by atoms with van der Waals surface area (Å²) in [6, 6.07) is 25.0. The number of benzene rings is 3. The van der Waals surface area contributed by atoms with E-state index in [9.17, 15) is 13.2 Å². The van der Waals surface area contributed by atoms with Crippen LogP contribution in [-0.2, 0) is 14.8 Å². The number of aromatic nitrogens is 2. The van der Waals surface area contributed by atoms with Gasteiger partial charge in [0.25, 0.3) is 5.91 Å². The molecule has 0 aliphatic carbocycles. The molecule has 1 heterocycles. The van der Waals surface area contributed by atoms with Crippen molar-refractivity contribution in [3.63, 3.8) is 0 Å². The van der Waals surface area contributed by atoms with Crippen molar-refractivity contribution in [3.8, 4) is 17.2 Å². The van der Waals surface area contributed by atoms with Gasteiger partial charge >= 0.3 is 0 Å². The Morgan fingerprint density at radius 1 is 1.03 bits per heavy atom. The van der Waals surface area contributed by atoms with Crippen LogP contribution in [0.3, 0.4) is 0 Å². The summed E-state index contributed by atoms with van der Waals surface area (Å²) in [5.74, 6) is 0.549. The van der Waals surface area contributed by atoms with Gasteiger partial charge in [-0.25, -0.2) is 18.5 Å². The van der Waals surface area contributed by atoms with Gasteiger partial charge in [-0.15, -0.1) is 0 Å². The van der Waals surface area contributed by atoms with Gasteiger partial charge in [-0.1, -0.05) is 48.0 Å². The molecule has 3 aromatic carbocycles. The molecule has 1 N–H and O–H groups in total. The van der Waals surface area contributed by atoms with Crippen molar-refractivity contribution in [1.29, 1.82) is 0 Å². The Kier molecular flexibility index (Phi) is 7.90. The molecular weight excluding hydrogens is 514 g/mol. The molecule has 0 bridgehead atoms. The minimum Gasteiger partial charge on any atom is -0.457 e. The number of ether oxygens (including phenoxy) is 1. The van der Waals surface area contributed by atoms with Crippen molar-refractivity contribution in [2.45, 2.75) is 6.92 Å². The summed E-state index contributed by atoms with van der Waals surface area (Å²) in [4.78, 5) is 12.6. The van der Waals surface area contributed by atoms with Crippen LogP contribution >= 0.6 is 11.6 Å². The molecule has 0 unspecified atom stereocenters. The van der Waals surface area contributed by atoms with Gasteiger partial charge in [-0.3, -0.25) is 9.10 Å². The third-order valence-corrected chi connectivity index (χ3v) is 6.71. The van der Waals surface area contributed by atoms with Crippen molar-refractivity contribution in [2.24, 2.45) is 5.10 Å². The minimum atomic E-state index is -3.76. The van der Waals surface area contributed by atoms with Crippen LogP contribution in [0.25, 0.3) is 5.69 Å². The van der Waals surface area contributed by atoms with Crippen LogP contribution in [0.2, 0.25) is 5.15 Å². The predicted octanol–water partition coefficient (Wildman–Crippen LogP) is 4.54. The summed E-state index contributed by atoms with van der Waals surface area (Å²) >= 11 is 6.27. The SMILES string of the molecule is Cc1c(/C=N\NC(=O)CN(c2ccc(Oc3ccccc3)cc2)S(C)(=O)=O)c(Cl)nn1-c1ccccc1. The summed E-state index contributed by atoms with van der Waals surface area (Å²) < 4.78 is 33.2. The van der Waals surface area contributed by atoms with E-state index in [1.807, 2.05) is 67.6 Å². The van der Waals surface area contributed by atoms with Crippen molar-refractivity contribution in [2.75, 3.05) is 17.1 Å². The number of carbonyl (C=O) groups is 1. The van der Waals surface area contributed by atoms with Gasteiger partial charge in [-0.2, -0.15) is 10.2 Å². The van der Waals surface area contributed by atoms with Gasteiger partial charge in [0.05, 0.1) is 35.1 Å². The fraction of sp³-hybridized carbons (Fsp3) is 0.115. The van der Waals surface area contributed by atoms with E-state index in [0.29, 0.717) is 22.7 Å². The smallest absolute Gasteiger partial charge is 0.260 e. The minimum absolute atomic E-state index is 0.218. The van der Waals surface area contributed by atoms with Crippen LogP contribution in [0.5, 0.6) is 11.5 Å². The third kappa shape index (κ3) is 6.54. The first-order chi connectivity index (χ1) is 17.7. The van der Waals surface area contributed by atoms with Crippen LogP contribution < -0.4 is 14.5 Å². The molecule has 11 heteroatoms. The van der Waals surface area contributed by atoms with Crippen LogP contribution in [0.4, 0.5) is 5.69 Å². The average molecular weight is 538 g/mol. The van der Waals surface area contributed by atoms with Crippen LogP contribution in [0.15, 0.2) is 90.0 Å². The number of halogens is 1. The Labute approximate surface area is 220 Å². The number of anilines is 1. The summed E-state index contributed by atoms with van der Waals surface area (Å²) in [5.41, 5.74) is 4.75. The standard InChI is InChI=1S/C26H24ClN5O4S/c1-19-24(26(27)30-32(19)21-9-5-3-6-10-21)17-28-29-25(33)18-31(37(2,34)35)20-13-15-23(16-14-20)36-22-11-7-4-8-12-22/h3-17H,18H2,1-2H3,(H,29,33)/b28-17-. The zero-order valence-corrected chi connectivity index (χ0v) is 21.6. The zero-order chi connectivity index (χ0) is 26.4. The second-order valence-corrected chi connectivity index (χ2v) is 10.3. The normalized spacial score (nSPS) is 11.4. The Balaban J connectivity index is 1.43. The summed E-state index contributed by atoms with van der Waals surface area (Å²) in [7, 11) is -3.76. The Bertz CT molecular complexity index is 1510. The zero-order valence-electron chi connectivity index (χ0n) is 20.1. The monoisotopic (exact) mass is 537 g/mol. The number of hydrazone groups is 1. The number of sulfonamides is 1. The number of rotatable bonds is 9. The Morgan fingerprint density at radius 2 is 1.62 bits per heavy atom. The highest BCUT2D eigenvalue weighted by Crippen LogP contribution is 2.25. The molecule has 1 aromatic heterocycles. The molecule has 0 saturated carbocycles. The molecule has 0 fully saturated rings. The highest BCUT2D eigenvalue weighted by Gasteiger charge is 2.21. The van der Waals surface area contributed by atoms with E-state index in [0.717, 1.165) is 21.9 Å². The third-order valence-electron chi connectivity index (χ3n) is 5.29.